The summed E-state index contributed by atoms with van der Waals surface area (Å²) in [7, 11) is -3.48. The van der Waals surface area contributed by atoms with E-state index in [1.165, 1.54) is 12.1 Å². The van der Waals surface area contributed by atoms with Crippen LogP contribution in [0.1, 0.15) is 39.5 Å². The zero-order valence-corrected chi connectivity index (χ0v) is 14.6. The van der Waals surface area contributed by atoms with E-state index in [1.807, 2.05) is 6.92 Å². The van der Waals surface area contributed by atoms with Gasteiger partial charge in [-0.3, -0.25) is 4.79 Å². The van der Waals surface area contributed by atoms with E-state index >= 15 is 0 Å². The van der Waals surface area contributed by atoms with Crippen LogP contribution in [0.5, 0.6) is 5.75 Å². The summed E-state index contributed by atoms with van der Waals surface area (Å²) >= 11 is 0. The Morgan fingerprint density at radius 1 is 1.04 bits per heavy atom. The van der Waals surface area contributed by atoms with Crippen molar-refractivity contribution in [2.24, 2.45) is 0 Å². The lowest BCUT2D eigenvalue weighted by Crippen LogP contribution is -2.29. The third kappa shape index (κ3) is 7.47. The maximum Gasteiger partial charge on any atom is 0.257 e. The summed E-state index contributed by atoms with van der Waals surface area (Å²) in [5.41, 5.74) is 0. The first-order valence-electron chi connectivity index (χ1n) is 7.98. The molecule has 0 saturated heterocycles. The van der Waals surface area contributed by atoms with Gasteiger partial charge < -0.3 is 10.1 Å². The molecule has 0 radical (unpaired) electrons. The molecule has 23 heavy (non-hydrogen) atoms. The van der Waals surface area contributed by atoms with Gasteiger partial charge in [0.1, 0.15) is 5.75 Å². The molecular weight excluding hydrogens is 316 g/mol. The summed E-state index contributed by atoms with van der Waals surface area (Å²) < 4.78 is 31.9. The maximum atomic E-state index is 12.0. The van der Waals surface area contributed by atoms with Gasteiger partial charge in [-0.1, -0.05) is 26.7 Å². The lowest BCUT2D eigenvalue weighted by atomic mass is 10.3. The van der Waals surface area contributed by atoms with E-state index in [-0.39, 0.29) is 17.4 Å². The average Bonchev–Trinajstić information content (AvgIpc) is 2.54. The van der Waals surface area contributed by atoms with Gasteiger partial charge in [0, 0.05) is 13.1 Å². The molecule has 0 fully saturated rings. The van der Waals surface area contributed by atoms with Crippen molar-refractivity contribution in [1.29, 1.82) is 0 Å². The number of carbonyl (C=O) groups is 1. The second-order valence-electron chi connectivity index (χ2n) is 5.21. The number of benzene rings is 1. The van der Waals surface area contributed by atoms with Crippen molar-refractivity contribution >= 4 is 15.9 Å². The second-order valence-corrected chi connectivity index (χ2v) is 6.98. The van der Waals surface area contributed by atoms with Crippen molar-refractivity contribution in [3.05, 3.63) is 24.3 Å². The Morgan fingerprint density at radius 3 is 2.26 bits per heavy atom. The Kier molecular flexibility index (Phi) is 8.65. The summed E-state index contributed by atoms with van der Waals surface area (Å²) in [5, 5.41) is 2.75. The minimum absolute atomic E-state index is 0.0788. The number of ether oxygens (including phenoxy) is 1. The van der Waals surface area contributed by atoms with Crippen LogP contribution in [-0.2, 0) is 14.8 Å². The first kappa shape index (κ1) is 19.4. The van der Waals surface area contributed by atoms with Crippen LogP contribution in [0.4, 0.5) is 0 Å². The van der Waals surface area contributed by atoms with Gasteiger partial charge in [-0.05, 0) is 37.1 Å². The van der Waals surface area contributed by atoms with E-state index in [2.05, 4.69) is 17.0 Å². The number of rotatable bonds is 11. The molecule has 0 aliphatic carbocycles. The Morgan fingerprint density at radius 2 is 1.65 bits per heavy atom. The van der Waals surface area contributed by atoms with Crippen LogP contribution < -0.4 is 14.8 Å². The first-order valence-corrected chi connectivity index (χ1v) is 9.47. The molecular formula is C16H26N2O4S. The molecule has 0 aliphatic rings. The number of sulfonamides is 1. The fourth-order valence-electron chi connectivity index (χ4n) is 1.79. The largest absolute Gasteiger partial charge is 0.484 e. The van der Waals surface area contributed by atoms with Crippen LogP contribution in [0.3, 0.4) is 0 Å². The lowest BCUT2D eigenvalue weighted by molar-refractivity contribution is -0.123. The van der Waals surface area contributed by atoms with Gasteiger partial charge in [-0.25, -0.2) is 13.1 Å². The average molecular weight is 342 g/mol. The number of hydrogen-bond acceptors (Lipinski definition) is 4. The van der Waals surface area contributed by atoms with Crippen LogP contribution >= 0.6 is 0 Å². The van der Waals surface area contributed by atoms with E-state index in [1.54, 1.807) is 12.1 Å². The van der Waals surface area contributed by atoms with Crippen molar-refractivity contribution in [3.63, 3.8) is 0 Å². The standard InChI is InChI=1S/C16H26N2O4S/c1-3-5-11-17-16(19)13-22-14-7-9-15(10-8-14)23(20,21)18-12-6-4-2/h7-10,18H,3-6,11-13H2,1-2H3,(H,17,19). The van der Waals surface area contributed by atoms with Gasteiger partial charge in [0.15, 0.2) is 6.61 Å². The van der Waals surface area contributed by atoms with Crippen molar-refractivity contribution in [1.82, 2.24) is 10.0 Å². The van der Waals surface area contributed by atoms with E-state index < -0.39 is 10.0 Å². The van der Waals surface area contributed by atoms with E-state index in [0.29, 0.717) is 18.8 Å². The molecule has 1 rings (SSSR count). The van der Waals surface area contributed by atoms with E-state index in [0.717, 1.165) is 25.7 Å². The highest BCUT2D eigenvalue weighted by Gasteiger charge is 2.13. The van der Waals surface area contributed by atoms with Gasteiger partial charge in [0.2, 0.25) is 10.0 Å². The Hall–Kier alpha value is -1.60. The lowest BCUT2D eigenvalue weighted by Gasteiger charge is -2.09. The van der Waals surface area contributed by atoms with Gasteiger partial charge in [-0.2, -0.15) is 0 Å². The minimum atomic E-state index is -3.48. The molecule has 0 aliphatic heterocycles. The maximum absolute atomic E-state index is 12.0. The van der Waals surface area contributed by atoms with Crippen molar-refractivity contribution in [3.8, 4) is 5.75 Å². The zero-order chi connectivity index (χ0) is 17.1. The molecule has 0 unspecified atom stereocenters. The van der Waals surface area contributed by atoms with Gasteiger partial charge in [0.25, 0.3) is 5.91 Å². The predicted molar refractivity (Wildman–Crippen MR) is 90.0 cm³/mol. The normalized spacial score (nSPS) is 11.2. The second kappa shape index (κ2) is 10.2. The van der Waals surface area contributed by atoms with Crippen LogP contribution in [0.15, 0.2) is 29.2 Å². The number of amides is 1. The summed E-state index contributed by atoms with van der Waals surface area (Å²) in [6.45, 7) is 5.03. The third-order valence-electron chi connectivity index (χ3n) is 3.18. The van der Waals surface area contributed by atoms with Gasteiger partial charge in [0.05, 0.1) is 4.90 Å². The molecule has 2 N–H and O–H groups in total. The molecule has 0 bridgehead atoms. The minimum Gasteiger partial charge on any atom is -0.484 e. The third-order valence-corrected chi connectivity index (χ3v) is 4.66. The predicted octanol–water partition coefficient (Wildman–Crippen LogP) is 2.06. The molecule has 7 heteroatoms. The van der Waals surface area contributed by atoms with Crippen LogP contribution in [0, 0.1) is 0 Å². The smallest absolute Gasteiger partial charge is 0.257 e. The number of carbonyl (C=O) groups excluding carboxylic acids is 1. The molecule has 0 atom stereocenters. The molecule has 0 heterocycles. The SMILES string of the molecule is CCCCNC(=O)COc1ccc(S(=O)(=O)NCCCC)cc1. The molecule has 0 spiro atoms. The zero-order valence-electron chi connectivity index (χ0n) is 13.8. The highest BCUT2D eigenvalue weighted by atomic mass is 32.2. The van der Waals surface area contributed by atoms with Gasteiger partial charge in [-0.15, -0.1) is 0 Å². The van der Waals surface area contributed by atoms with Crippen molar-refractivity contribution < 1.29 is 17.9 Å². The summed E-state index contributed by atoms with van der Waals surface area (Å²) in [4.78, 5) is 11.7. The van der Waals surface area contributed by atoms with Crippen LogP contribution in [-0.4, -0.2) is 34.0 Å². The van der Waals surface area contributed by atoms with E-state index in [9.17, 15) is 13.2 Å². The topological polar surface area (TPSA) is 84.5 Å². The highest BCUT2D eigenvalue weighted by Crippen LogP contribution is 2.15. The summed E-state index contributed by atoms with van der Waals surface area (Å²) in [6.07, 6.45) is 3.68. The Labute approximate surface area is 138 Å². The van der Waals surface area contributed by atoms with Crippen molar-refractivity contribution in [2.45, 2.75) is 44.4 Å². The monoisotopic (exact) mass is 342 g/mol. The number of unbranched alkanes of at least 4 members (excludes halogenated alkanes) is 2. The molecule has 1 aromatic rings. The quantitative estimate of drug-likeness (QED) is 0.603. The highest BCUT2D eigenvalue weighted by molar-refractivity contribution is 7.89. The molecule has 1 amide bonds. The summed E-state index contributed by atoms with van der Waals surface area (Å²) in [6, 6.07) is 6.04. The first-order chi connectivity index (χ1) is 11.0. The molecule has 1 aromatic carbocycles. The number of hydrogen-bond donors (Lipinski definition) is 2. The molecule has 0 saturated carbocycles. The van der Waals surface area contributed by atoms with Crippen molar-refractivity contribution in [2.75, 3.05) is 19.7 Å². The fourth-order valence-corrected chi connectivity index (χ4v) is 2.86. The number of nitrogens with one attached hydrogen (secondary N) is 2. The summed E-state index contributed by atoms with van der Waals surface area (Å²) in [5.74, 6) is 0.277. The van der Waals surface area contributed by atoms with Crippen LogP contribution in [0.2, 0.25) is 0 Å². The van der Waals surface area contributed by atoms with Crippen LogP contribution in [0.25, 0.3) is 0 Å². The van der Waals surface area contributed by atoms with E-state index in [4.69, 9.17) is 4.74 Å². The fraction of sp³-hybridized carbons (Fsp3) is 0.562. The molecule has 6 nitrogen and oxygen atoms in total. The Balaban J connectivity index is 2.48. The molecule has 130 valence electrons. The Bertz CT molecular complexity index is 570. The molecule has 0 aromatic heterocycles. The van der Waals surface area contributed by atoms with Gasteiger partial charge >= 0.3 is 0 Å².